The van der Waals surface area contributed by atoms with Crippen molar-refractivity contribution in [3.8, 4) is 0 Å². The average Bonchev–Trinajstić information content (AvgIpc) is 3.32. The molecule has 0 aromatic heterocycles. The second-order valence-electron chi connectivity index (χ2n) is 14.9. The normalized spacial score (nSPS) is 46.2. The average molecular weight is 725 g/mol. The molecule has 0 amide bonds. The van der Waals surface area contributed by atoms with Crippen molar-refractivity contribution in [2.75, 3.05) is 34.0 Å². The van der Waals surface area contributed by atoms with Gasteiger partial charge in [0.25, 0.3) is 5.79 Å². The molecule has 2 aliphatic carbocycles. The van der Waals surface area contributed by atoms with Crippen LogP contribution in [0.1, 0.15) is 54.4 Å². The minimum atomic E-state index is -2.88. The number of epoxide rings is 1. The van der Waals surface area contributed by atoms with E-state index < -0.39 is 112 Å². The van der Waals surface area contributed by atoms with E-state index >= 15 is 0 Å². The van der Waals surface area contributed by atoms with Gasteiger partial charge in [0.05, 0.1) is 45.9 Å². The van der Waals surface area contributed by atoms with Crippen LogP contribution in [0.25, 0.3) is 0 Å². The third-order valence-electron chi connectivity index (χ3n) is 12.5. The first kappa shape index (κ1) is 37.6. The van der Waals surface area contributed by atoms with Crippen LogP contribution >= 0.6 is 0 Å². The zero-order chi connectivity index (χ0) is 37.5. The standard InChI is InChI=1S/C35H48O16/c1-9-17(3)26(38)50-19-13-20(49-18(4)36)33(27(39)43-7)15-46-23-22(33)21(19)24(35(42,48-10-2)28(40)44-8)31(6,25(23)37)34-16-47-29-32(41,11-12-45-29)14-30(34,5)51-34/h9,11-12,19-25,29,37,41-42H,10,13-16H2,1-8H3/b17-9+/t19-,20+,21?,22-,23+,24+,25+,29-,30-,31-,32-,33-,34+,35-/m0/s1. The fourth-order valence-corrected chi connectivity index (χ4v) is 10.2. The van der Waals surface area contributed by atoms with Gasteiger partial charge in [-0.3, -0.25) is 9.59 Å². The summed E-state index contributed by atoms with van der Waals surface area (Å²) in [5, 5.41) is 37.1. The second kappa shape index (κ2) is 12.5. The Bertz CT molecular complexity index is 1530. The fraction of sp³-hybridized carbons (Fsp3) is 0.771. The van der Waals surface area contributed by atoms with E-state index in [1.807, 2.05) is 0 Å². The van der Waals surface area contributed by atoms with Crippen LogP contribution in [0.15, 0.2) is 24.0 Å². The van der Waals surface area contributed by atoms with Crippen molar-refractivity contribution in [3.05, 3.63) is 24.0 Å². The molecule has 5 fully saturated rings. The number of hydrogen-bond acceptors (Lipinski definition) is 16. The van der Waals surface area contributed by atoms with Crippen LogP contribution in [0.5, 0.6) is 0 Å². The van der Waals surface area contributed by atoms with Crippen LogP contribution in [0.3, 0.4) is 0 Å². The van der Waals surface area contributed by atoms with Gasteiger partial charge in [-0.05, 0) is 33.8 Å². The van der Waals surface area contributed by atoms with Gasteiger partial charge in [-0.15, -0.1) is 0 Å². The Balaban J connectivity index is 1.64. The number of methoxy groups -OCH3 is 2. The lowest BCUT2D eigenvalue weighted by atomic mass is 9.42. The van der Waals surface area contributed by atoms with E-state index in [4.69, 9.17) is 42.6 Å². The first-order chi connectivity index (χ1) is 23.9. The Morgan fingerprint density at radius 1 is 1.06 bits per heavy atom. The van der Waals surface area contributed by atoms with Gasteiger partial charge in [0.15, 0.2) is 5.60 Å². The maximum atomic E-state index is 14.1. The Kier molecular flexibility index (Phi) is 9.22. The van der Waals surface area contributed by atoms with Gasteiger partial charge >= 0.3 is 23.9 Å². The summed E-state index contributed by atoms with van der Waals surface area (Å²) in [4.78, 5) is 54.1. The van der Waals surface area contributed by atoms with Gasteiger partial charge in [0, 0.05) is 55.1 Å². The highest BCUT2D eigenvalue weighted by Gasteiger charge is 2.88. The number of hydrogen-bond donors (Lipinski definition) is 3. The van der Waals surface area contributed by atoms with Crippen LogP contribution in [0, 0.1) is 28.6 Å². The molecule has 284 valence electrons. The van der Waals surface area contributed by atoms with Gasteiger partial charge in [-0.2, -0.15) is 0 Å². The Morgan fingerprint density at radius 3 is 2.37 bits per heavy atom. The fourth-order valence-electron chi connectivity index (χ4n) is 10.2. The smallest absolute Gasteiger partial charge is 0.366 e. The summed E-state index contributed by atoms with van der Waals surface area (Å²) < 4.78 is 53.0. The number of ether oxygens (including phenoxy) is 9. The molecule has 0 aromatic rings. The number of allylic oxidation sites excluding steroid dienone is 1. The summed E-state index contributed by atoms with van der Waals surface area (Å²) in [7, 11) is 2.21. The molecule has 4 heterocycles. The van der Waals surface area contributed by atoms with Gasteiger partial charge in [0.2, 0.25) is 6.29 Å². The summed E-state index contributed by atoms with van der Waals surface area (Å²) in [6, 6.07) is 0. The monoisotopic (exact) mass is 724 g/mol. The van der Waals surface area contributed by atoms with Gasteiger partial charge in [-0.25, -0.2) is 9.59 Å². The van der Waals surface area contributed by atoms with E-state index in [0.29, 0.717) is 0 Å². The predicted octanol–water partition coefficient (Wildman–Crippen LogP) is 0.435. The summed E-state index contributed by atoms with van der Waals surface area (Å²) in [5.74, 6) is -10.5. The number of esters is 4. The summed E-state index contributed by atoms with van der Waals surface area (Å²) in [5.41, 5.74) is -7.90. The van der Waals surface area contributed by atoms with E-state index in [-0.39, 0.29) is 31.6 Å². The predicted molar refractivity (Wildman–Crippen MR) is 169 cm³/mol. The minimum Gasteiger partial charge on any atom is -0.469 e. The zero-order valence-electron chi connectivity index (χ0n) is 30.0. The van der Waals surface area contributed by atoms with Crippen molar-refractivity contribution in [2.24, 2.45) is 28.6 Å². The van der Waals surface area contributed by atoms with Crippen LogP contribution in [0.2, 0.25) is 0 Å². The van der Waals surface area contributed by atoms with Gasteiger partial charge in [-0.1, -0.05) is 13.0 Å². The third-order valence-corrected chi connectivity index (χ3v) is 12.5. The number of aliphatic hydroxyl groups is 3. The molecule has 16 nitrogen and oxygen atoms in total. The maximum Gasteiger partial charge on any atom is 0.366 e. The highest BCUT2D eigenvalue weighted by Crippen LogP contribution is 2.74. The van der Waals surface area contributed by atoms with Crippen molar-refractivity contribution in [3.63, 3.8) is 0 Å². The van der Waals surface area contributed by atoms with E-state index in [9.17, 15) is 34.5 Å². The second-order valence-corrected chi connectivity index (χ2v) is 14.9. The minimum absolute atomic E-state index is 0.0827. The molecular formula is C35H48O16. The van der Waals surface area contributed by atoms with Crippen LogP contribution in [0.4, 0.5) is 0 Å². The molecular weight excluding hydrogens is 676 g/mol. The lowest BCUT2D eigenvalue weighted by Gasteiger charge is -2.63. The van der Waals surface area contributed by atoms with E-state index in [1.165, 1.54) is 25.3 Å². The molecule has 2 saturated carbocycles. The number of carbonyl (C=O) groups excluding carboxylic acids is 4. The molecule has 3 N–H and O–H groups in total. The number of fused-ring (bicyclic) bond motifs is 2. The van der Waals surface area contributed by atoms with Gasteiger partial charge < -0.3 is 58.0 Å². The topological polar surface area (TPSA) is 215 Å². The van der Waals surface area contributed by atoms with E-state index in [2.05, 4.69) is 0 Å². The van der Waals surface area contributed by atoms with E-state index in [0.717, 1.165) is 21.1 Å². The largest absolute Gasteiger partial charge is 0.469 e. The Hall–Kier alpha value is -3.12. The molecule has 16 heteroatoms. The van der Waals surface area contributed by atoms with Crippen LogP contribution in [-0.2, 0) is 61.8 Å². The third kappa shape index (κ3) is 4.97. The number of rotatable bonds is 9. The van der Waals surface area contributed by atoms with Crippen LogP contribution < -0.4 is 0 Å². The highest BCUT2D eigenvalue weighted by molar-refractivity contribution is 5.88. The van der Waals surface area contributed by atoms with Crippen molar-refractivity contribution >= 4 is 23.9 Å². The first-order valence-electron chi connectivity index (χ1n) is 17.1. The Morgan fingerprint density at radius 2 is 1.76 bits per heavy atom. The summed E-state index contributed by atoms with van der Waals surface area (Å²) >= 11 is 0. The Labute approximate surface area is 295 Å². The molecule has 6 rings (SSSR count). The lowest BCUT2D eigenvalue weighted by molar-refractivity contribution is -0.327. The van der Waals surface area contributed by atoms with Crippen LogP contribution in [-0.4, -0.2) is 127 Å². The highest BCUT2D eigenvalue weighted by atomic mass is 16.7. The molecule has 0 spiro atoms. The SMILES string of the molecule is C/C=C(\C)C(=O)O[C@H]1C[C@@H](OC(C)=O)[C@@]2(C(=O)OC)CO[C@H]3[C@@H](O)[C@@](C)([C@@]45CO[C@@H]6OC=C[C@]6(O)C[C@]4(C)O5)[C@H]([C@](O)(OCC)C(=O)OC)C1[C@@H]32. The molecule has 0 bridgehead atoms. The molecule has 1 unspecified atom stereocenters. The molecule has 3 saturated heterocycles. The first-order valence-corrected chi connectivity index (χ1v) is 17.1. The molecule has 4 aliphatic heterocycles. The quantitative estimate of drug-likeness (QED) is 0.0967. The molecule has 6 aliphatic rings. The van der Waals surface area contributed by atoms with Crippen molar-refractivity contribution in [1.82, 2.24) is 0 Å². The number of aliphatic hydroxyl groups excluding tert-OH is 1. The van der Waals surface area contributed by atoms with Crippen molar-refractivity contribution in [1.29, 1.82) is 0 Å². The lowest BCUT2D eigenvalue weighted by Crippen LogP contribution is -2.76. The van der Waals surface area contributed by atoms with Crippen molar-refractivity contribution < 1.29 is 77.1 Å². The summed E-state index contributed by atoms with van der Waals surface area (Å²) in [6.07, 6.45) is -2.72. The van der Waals surface area contributed by atoms with Crippen molar-refractivity contribution in [2.45, 2.75) is 108 Å². The zero-order valence-corrected chi connectivity index (χ0v) is 30.0. The molecule has 0 radical (unpaired) electrons. The number of carbonyl (C=O) groups is 4. The van der Waals surface area contributed by atoms with E-state index in [1.54, 1.807) is 27.7 Å². The molecule has 14 atom stereocenters. The summed E-state index contributed by atoms with van der Waals surface area (Å²) in [6.45, 7) is 8.24. The molecule has 51 heavy (non-hydrogen) atoms. The van der Waals surface area contributed by atoms with Gasteiger partial charge in [0.1, 0.15) is 28.8 Å². The maximum absolute atomic E-state index is 14.1. The molecule has 0 aromatic carbocycles.